The van der Waals surface area contributed by atoms with Gasteiger partial charge in [-0.1, -0.05) is 18.2 Å². The molecule has 0 saturated heterocycles. The molecule has 4 rings (SSSR count). The third kappa shape index (κ3) is 4.27. The molecule has 0 saturated carbocycles. The van der Waals surface area contributed by atoms with E-state index in [0.717, 1.165) is 22.0 Å². The second-order valence-electron chi connectivity index (χ2n) is 7.49. The Bertz CT molecular complexity index is 1340. The van der Waals surface area contributed by atoms with Crippen molar-refractivity contribution in [2.75, 3.05) is 19.0 Å². The smallest absolute Gasteiger partial charge is 0.343 e. The third-order valence-corrected chi connectivity index (χ3v) is 5.30. The van der Waals surface area contributed by atoms with E-state index in [4.69, 9.17) is 14.5 Å². The molecule has 2 aromatic heterocycles. The maximum atomic E-state index is 13.0. The topological polar surface area (TPSA) is 95.3 Å². The van der Waals surface area contributed by atoms with E-state index in [1.54, 1.807) is 38.3 Å². The Labute approximate surface area is 191 Å². The Balaban J connectivity index is 1.81. The number of methoxy groups -OCH3 is 1. The quantitative estimate of drug-likeness (QED) is 0.441. The molecule has 0 spiro atoms. The minimum absolute atomic E-state index is 0.142. The Morgan fingerprint density at radius 1 is 1.06 bits per heavy atom. The number of carbonyl (C=O) groups excluding carboxylic acids is 2. The molecule has 0 aliphatic heterocycles. The van der Waals surface area contributed by atoms with E-state index in [1.165, 1.54) is 10.9 Å². The van der Waals surface area contributed by atoms with Crippen molar-refractivity contribution in [1.29, 1.82) is 0 Å². The fraction of sp³-hybridized carbons (Fsp3) is 0.200. The largest absolute Gasteiger partial charge is 0.497 e. The van der Waals surface area contributed by atoms with Gasteiger partial charge in [0.15, 0.2) is 11.6 Å². The molecular formula is C25H24N4O4. The van der Waals surface area contributed by atoms with Gasteiger partial charge in [0.2, 0.25) is 0 Å². The van der Waals surface area contributed by atoms with Crippen LogP contribution >= 0.6 is 0 Å². The van der Waals surface area contributed by atoms with Gasteiger partial charge in [-0.05, 0) is 62.2 Å². The van der Waals surface area contributed by atoms with Crippen LogP contribution in [0, 0.1) is 13.8 Å². The van der Waals surface area contributed by atoms with Crippen molar-refractivity contribution in [1.82, 2.24) is 14.8 Å². The molecule has 2 heterocycles. The molecule has 2 aromatic carbocycles. The van der Waals surface area contributed by atoms with Crippen LogP contribution in [-0.2, 0) is 4.74 Å². The summed E-state index contributed by atoms with van der Waals surface area (Å²) in [5.74, 6) is 0.320. The number of para-hydroxylation sites is 1. The van der Waals surface area contributed by atoms with Gasteiger partial charge in [0.05, 0.1) is 25.4 Å². The molecule has 0 fully saturated rings. The van der Waals surface area contributed by atoms with E-state index in [-0.39, 0.29) is 18.0 Å². The first kappa shape index (κ1) is 22.0. The van der Waals surface area contributed by atoms with Crippen LogP contribution < -0.4 is 10.1 Å². The summed E-state index contributed by atoms with van der Waals surface area (Å²) in [6.45, 7) is 5.88. The monoisotopic (exact) mass is 444 g/mol. The van der Waals surface area contributed by atoms with Crippen LogP contribution in [0.25, 0.3) is 16.7 Å². The fourth-order valence-electron chi connectivity index (χ4n) is 3.58. The van der Waals surface area contributed by atoms with Gasteiger partial charge in [0, 0.05) is 10.9 Å². The van der Waals surface area contributed by atoms with Crippen LogP contribution in [-0.4, -0.2) is 40.4 Å². The average molecular weight is 444 g/mol. The lowest BCUT2D eigenvalue weighted by Gasteiger charge is -2.13. The fourth-order valence-corrected chi connectivity index (χ4v) is 3.58. The molecule has 0 atom stereocenters. The molecule has 8 nitrogen and oxygen atoms in total. The first-order valence-corrected chi connectivity index (χ1v) is 10.5. The standard InChI is InChI=1S/C25H24N4O4/c1-5-33-25(31)20-14-26-29(21-13-16(3)19-8-6-7-15(2)22(19)27-21)23(20)28-24(30)17-9-11-18(32-4)12-10-17/h6-14H,5H2,1-4H3,(H,28,30). The van der Waals surface area contributed by atoms with Crippen molar-refractivity contribution in [2.45, 2.75) is 20.8 Å². The van der Waals surface area contributed by atoms with Crippen molar-refractivity contribution < 1.29 is 19.1 Å². The molecule has 8 heteroatoms. The number of ether oxygens (including phenoxy) is 2. The highest BCUT2D eigenvalue weighted by molar-refractivity contribution is 6.07. The predicted octanol–water partition coefficient (Wildman–Crippen LogP) is 4.47. The number of amides is 1. The van der Waals surface area contributed by atoms with E-state index in [2.05, 4.69) is 10.4 Å². The summed E-state index contributed by atoms with van der Waals surface area (Å²) in [4.78, 5) is 30.3. The lowest BCUT2D eigenvalue weighted by atomic mass is 10.1. The third-order valence-electron chi connectivity index (χ3n) is 5.30. The van der Waals surface area contributed by atoms with Crippen molar-refractivity contribution in [3.63, 3.8) is 0 Å². The molecular weight excluding hydrogens is 420 g/mol. The molecule has 0 unspecified atom stereocenters. The maximum Gasteiger partial charge on any atom is 0.343 e. The molecule has 1 N–H and O–H groups in total. The number of fused-ring (bicyclic) bond motifs is 1. The van der Waals surface area contributed by atoms with Gasteiger partial charge >= 0.3 is 5.97 Å². The van der Waals surface area contributed by atoms with E-state index in [1.807, 2.05) is 38.1 Å². The Morgan fingerprint density at radius 3 is 2.52 bits per heavy atom. The molecule has 168 valence electrons. The van der Waals surface area contributed by atoms with Gasteiger partial charge in [-0.2, -0.15) is 9.78 Å². The van der Waals surface area contributed by atoms with Crippen molar-refractivity contribution in [3.8, 4) is 11.6 Å². The van der Waals surface area contributed by atoms with Gasteiger partial charge in [-0.3, -0.25) is 4.79 Å². The lowest BCUT2D eigenvalue weighted by Crippen LogP contribution is -2.18. The van der Waals surface area contributed by atoms with Crippen molar-refractivity contribution in [3.05, 3.63) is 77.0 Å². The van der Waals surface area contributed by atoms with Crippen molar-refractivity contribution >= 4 is 28.6 Å². The van der Waals surface area contributed by atoms with Crippen LogP contribution in [0.4, 0.5) is 5.82 Å². The summed E-state index contributed by atoms with van der Waals surface area (Å²) < 4.78 is 11.8. The summed E-state index contributed by atoms with van der Waals surface area (Å²) >= 11 is 0. The summed E-state index contributed by atoms with van der Waals surface area (Å²) in [7, 11) is 1.56. The Morgan fingerprint density at radius 2 is 1.82 bits per heavy atom. The summed E-state index contributed by atoms with van der Waals surface area (Å²) in [5, 5.41) is 8.20. The molecule has 0 aliphatic carbocycles. The number of benzene rings is 2. The van der Waals surface area contributed by atoms with Crippen LogP contribution in [0.3, 0.4) is 0 Å². The number of anilines is 1. The van der Waals surface area contributed by atoms with Gasteiger partial charge in [-0.25, -0.2) is 9.78 Å². The zero-order chi connectivity index (χ0) is 23.5. The first-order chi connectivity index (χ1) is 15.9. The van der Waals surface area contributed by atoms with Crippen LogP contribution in [0.2, 0.25) is 0 Å². The van der Waals surface area contributed by atoms with Gasteiger partial charge in [0.25, 0.3) is 5.91 Å². The summed E-state index contributed by atoms with van der Waals surface area (Å²) in [5.41, 5.74) is 3.38. The number of aryl methyl sites for hydroxylation is 2. The highest BCUT2D eigenvalue weighted by Gasteiger charge is 2.23. The molecule has 0 aliphatic rings. The van der Waals surface area contributed by atoms with Gasteiger partial charge in [-0.15, -0.1) is 0 Å². The number of esters is 1. The minimum atomic E-state index is -0.581. The SMILES string of the molecule is CCOC(=O)c1cnn(-c2cc(C)c3cccc(C)c3n2)c1NC(=O)c1ccc(OC)cc1. The van der Waals surface area contributed by atoms with E-state index in [0.29, 0.717) is 17.1 Å². The van der Waals surface area contributed by atoms with Gasteiger partial charge in [0.1, 0.15) is 11.3 Å². The first-order valence-electron chi connectivity index (χ1n) is 10.5. The molecule has 33 heavy (non-hydrogen) atoms. The number of hydrogen-bond donors (Lipinski definition) is 1. The zero-order valence-corrected chi connectivity index (χ0v) is 18.9. The summed E-state index contributed by atoms with van der Waals surface area (Å²) in [6, 6.07) is 14.5. The second kappa shape index (κ2) is 9.12. The van der Waals surface area contributed by atoms with E-state index in [9.17, 15) is 9.59 Å². The average Bonchev–Trinajstić information content (AvgIpc) is 3.23. The summed E-state index contributed by atoms with van der Waals surface area (Å²) in [6.07, 6.45) is 1.38. The molecule has 4 aromatic rings. The highest BCUT2D eigenvalue weighted by Crippen LogP contribution is 2.26. The van der Waals surface area contributed by atoms with E-state index >= 15 is 0 Å². The predicted molar refractivity (Wildman–Crippen MR) is 125 cm³/mol. The van der Waals surface area contributed by atoms with Crippen LogP contribution in [0.5, 0.6) is 5.75 Å². The lowest BCUT2D eigenvalue weighted by molar-refractivity contribution is 0.0527. The zero-order valence-electron chi connectivity index (χ0n) is 18.9. The highest BCUT2D eigenvalue weighted by atomic mass is 16.5. The molecule has 0 radical (unpaired) electrons. The van der Waals surface area contributed by atoms with Crippen LogP contribution in [0.1, 0.15) is 38.8 Å². The number of hydrogen-bond acceptors (Lipinski definition) is 6. The molecule has 0 bridgehead atoms. The molecule has 1 amide bonds. The Hall–Kier alpha value is -4.20. The number of pyridine rings is 1. The number of carbonyl (C=O) groups is 2. The minimum Gasteiger partial charge on any atom is -0.497 e. The van der Waals surface area contributed by atoms with Crippen molar-refractivity contribution in [2.24, 2.45) is 0 Å². The van der Waals surface area contributed by atoms with E-state index < -0.39 is 11.9 Å². The second-order valence-corrected chi connectivity index (χ2v) is 7.49. The number of nitrogens with one attached hydrogen (secondary N) is 1. The van der Waals surface area contributed by atoms with Gasteiger partial charge < -0.3 is 14.8 Å². The maximum absolute atomic E-state index is 13.0. The number of rotatable bonds is 6. The Kier molecular flexibility index (Phi) is 6.08. The number of nitrogens with zero attached hydrogens (tertiary/aromatic N) is 3. The van der Waals surface area contributed by atoms with Crippen LogP contribution in [0.15, 0.2) is 54.7 Å². The normalized spacial score (nSPS) is 10.8. The number of aromatic nitrogens is 3.